The average Bonchev–Trinajstić information content (AvgIpc) is 2.40. The number of carbonyl (C=O) groups excluding carboxylic acids is 1. The van der Waals surface area contributed by atoms with E-state index in [1.807, 2.05) is 0 Å². The molecule has 0 aliphatic rings. The van der Waals surface area contributed by atoms with E-state index in [-0.39, 0.29) is 11.0 Å². The van der Waals surface area contributed by atoms with Gasteiger partial charge in [0.05, 0.1) is 10.6 Å². The molecule has 0 atom stereocenters. The van der Waals surface area contributed by atoms with E-state index in [1.54, 1.807) is 36.4 Å². The molecular formula is C14H11Cl2N3OS. The summed E-state index contributed by atoms with van der Waals surface area (Å²) >= 11 is 16.5. The Kier molecular flexibility index (Phi) is 5.01. The van der Waals surface area contributed by atoms with Gasteiger partial charge < -0.3 is 16.4 Å². The highest BCUT2D eigenvalue weighted by Crippen LogP contribution is 2.22. The lowest BCUT2D eigenvalue weighted by atomic mass is 10.2. The van der Waals surface area contributed by atoms with Crippen LogP contribution in [0, 0.1) is 0 Å². The van der Waals surface area contributed by atoms with Gasteiger partial charge in [-0.1, -0.05) is 23.2 Å². The van der Waals surface area contributed by atoms with Gasteiger partial charge in [-0.25, -0.2) is 0 Å². The summed E-state index contributed by atoms with van der Waals surface area (Å²) in [6.07, 6.45) is 0. The number of hydrogen-bond donors (Lipinski definition) is 3. The lowest BCUT2D eigenvalue weighted by molar-refractivity contribution is 0.102. The van der Waals surface area contributed by atoms with Gasteiger partial charge in [0.15, 0.2) is 5.11 Å². The minimum Gasteiger partial charge on any atom is -0.376 e. The minimum atomic E-state index is -0.313. The molecule has 0 aromatic heterocycles. The second-order valence-corrected chi connectivity index (χ2v) is 5.43. The van der Waals surface area contributed by atoms with Crippen molar-refractivity contribution in [2.45, 2.75) is 0 Å². The molecular weight excluding hydrogens is 329 g/mol. The molecule has 21 heavy (non-hydrogen) atoms. The topological polar surface area (TPSA) is 67.2 Å². The van der Waals surface area contributed by atoms with E-state index in [9.17, 15) is 4.79 Å². The monoisotopic (exact) mass is 339 g/mol. The summed E-state index contributed by atoms with van der Waals surface area (Å²) in [6, 6.07) is 11.6. The van der Waals surface area contributed by atoms with Crippen LogP contribution in [0.1, 0.15) is 10.4 Å². The number of hydrogen-bond acceptors (Lipinski definition) is 2. The van der Waals surface area contributed by atoms with Crippen LogP contribution in [0.2, 0.25) is 10.0 Å². The number of nitrogens with one attached hydrogen (secondary N) is 2. The number of benzene rings is 2. The van der Waals surface area contributed by atoms with Gasteiger partial charge in [0.25, 0.3) is 5.91 Å². The highest BCUT2D eigenvalue weighted by molar-refractivity contribution is 7.80. The van der Waals surface area contributed by atoms with Crippen LogP contribution in [-0.2, 0) is 0 Å². The zero-order valence-corrected chi connectivity index (χ0v) is 13.0. The molecule has 0 fully saturated rings. The summed E-state index contributed by atoms with van der Waals surface area (Å²) in [4.78, 5) is 12.1. The van der Waals surface area contributed by atoms with Gasteiger partial charge in [-0.3, -0.25) is 4.79 Å². The van der Waals surface area contributed by atoms with Crippen molar-refractivity contribution in [2.75, 3.05) is 10.6 Å². The molecule has 108 valence electrons. The Balaban J connectivity index is 2.10. The highest BCUT2D eigenvalue weighted by atomic mass is 35.5. The van der Waals surface area contributed by atoms with Gasteiger partial charge in [0.1, 0.15) is 0 Å². The Morgan fingerprint density at radius 2 is 1.57 bits per heavy atom. The summed E-state index contributed by atoms with van der Waals surface area (Å²) in [5.74, 6) is -0.313. The van der Waals surface area contributed by atoms with Gasteiger partial charge in [-0.2, -0.15) is 0 Å². The van der Waals surface area contributed by atoms with Crippen LogP contribution in [0.25, 0.3) is 0 Å². The molecule has 2 aromatic carbocycles. The van der Waals surface area contributed by atoms with Crippen molar-refractivity contribution in [3.63, 3.8) is 0 Å². The number of nitrogens with two attached hydrogens (primary N) is 1. The summed E-state index contributed by atoms with van der Waals surface area (Å²) in [5, 5.41) is 6.49. The fourth-order valence-corrected chi connectivity index (χ4v) is 2.26. The molecule has 0 spiro atoms. The molecule has 7 heteroatoms. The van der Waals surface area contributed by atoms with Crippen LogP contribution in [0.5, 0.6) is 0 Å². The Morgan fingerprint density at radius 3 is 2.10 bits per heavy atom. The van der Waals surface area contributed by atoms with E-state index in [1.165, 1.54) is 6.07 Å². The molecule has 4 nitrogen and oxygen atoms in total. The van der Waals surface area contributed by atoms with Crippen molar-refractivity contribution in [1.29, 1.82) is 0 Å². The molecule has 0 saturated heterocycles. The van der Waals surface area contributed by atoms with Crippen molar-refractivity contribution >= 4 is 57.8 Å². The first kappa shape index (κ1) is 15.6. The Hall–Kier alpha value is -1.82. The third-order valence-corrected chi connectivity index (χ3v) is 3.24. The molecule has 0 radical (unpaired) electrons. The zero-order chi connectivity index (χ0) is 15.4. The molecule has 0 unspecified atom stereocenters. The third-order valence-electron chi connectivity index (χ3n) is 2.59. The number of carbonyl (C=O) groups is 1. The Bertz CT molecular complexity index is 689. The molecule has 2 rings (SSSR count). The first-order chi connectivity index (χ1) is 9.95. The maximum absolute atomic E-state index is 12.1. The molecule has 0 aliphatic carbocycles. The molecule has 0 heterocycles. The van der Waals surface area contributed by atoms with Gasteiger partial charge in [0, 0.05) is 16.4 Å². The smallest absolute Gasteiger partial charge is 0.257 e. The van der Waals surface area contributed by atoms with Crippen LogP contribution < -0.4 is 16.4 Å². The van der Waals surface area contributed by atoms with Crippen molar-refractivity contribution in [2.24, 2.45) is 5.73 Å². The highest BCUT2D eigenvalue weighted by Gasteiger charge is 2.10. The van der Waals surface area contributed by atoms with Gasteiger partial charge in [-0.15, -0.1) is 0 Å². The first-order valence-corrected chi connectivity index (χ1v) is 7.05. The van der Waals surface area contributed by atoms with E-state index in [2.05, 4.69) is 10.6 Å². The van der Waals surface area contributed by atoms with Gasteiger partial charge in [0.2, 0.25) is 0 Å². The molecule has 0 bridgehead atoms. The number of thiocarbonyl (C=S) groups is 1. The fraction of sp³-hybridized carbons (Fsp3) is 0. The molecule has 4 N–H and O–H groups in total. The third kappa shape index (κ3) is 4.32. The summed E-state index contributed by atoms with van der Waals surface area (Å²) in [5.41, 5.74) is 7.09. The van der Waals surface area contributed by atoms with Gasteiger partial charge in [-0.05, 0) is 54.7 Å². The average molecular weight is 340 g/mol. The van der Waals surface area contributed by atoms with Crippen LogP contribution in [0.4, 0.5) is 11.4 Å². The van der Waals surface area contributed by atoms with Gasteiger partial charge >= 0.3 is 0 Å². The zero-order valence-electron chi connectivity index (χ0n) is 10.7. The normalized spacial score (nSPS) is 10.0. The Labute approximate surface area is 137 Å². The number of halogens is 2. The predicted octanol–water partition coefficient (Wildman–Crippen LogP) is 3.90. The predicted molar refractivity (Wildman–Crippen MR) is 91.3 cm³/mol. The Morgan fingerprint density at radius 1 is 1.00 bits per heavy atom. The summed E-state index contributed by atoms with van der Waals surface area (Å²) in [6.45, 7) is 0. The van der Waals surface area contributed by atoms with E-state index in [0.29, 0.717) is 21.3 Å². The quantitative estimate of drug-likeness (QED) is 0.742. The summed E-state index contributed by atoms with van der Waals surface area (Å²) < 4.78 is 0. The van der Waals surface area contributed by atoms with E-state index >= 15 is 0 Å². The second-order valence-electron chi connectivity index (χ2n) is 4.14. The van der Waals surface area contributed by atoms with Crippen molar-refractivity contribution in [1.82, 2.24) is 0 Å². The lowest BCUT2D eigenvalue weighted by Crippen LogP contribution is -2.18. The van der Waals surface area contributed by atoms with Crippen molar-refractivity contribution < 1.29 is 4.79 Å². The number of anilines is 2. The van der Waals surface area contributed by atoms with E-state index in [0.717, 1.165) is 5.69 Å². The van der Waals surface area contributed by atoms with E-state index < -0.39 is 0 Å². The minimum absolute atomic E-state index is 0.180. The van der Waals surface area contributed by atoms with Crippen molar-refractivity contribution in [3.8, 4) is 0 Å². The maximum atomic E-state index is 12.1. The van der Waals surface area contributed by atoms with Crippen LogP contribution in [-0.4, -0.2) is 11.0 Å². The van der Waals surface area contributed by atoms with Crippen molar-refractivity contribution in [3.05, 3.63) is 58.1 Å². The van der Waals surface area contributed by atoms with Crippen LogP contribution in [0.3, 0.4) is 0 Å². The summed E-state index contributed by atoms with van der Waals surface area (Å²) in [7, 11) is 0. The standard InChI is InChI=1S/C14H11Cl2N3OS/c15-8-1-6-11(12(16)7-8)13(20)18-9-2-4-10(5-3-9)19-14(17)21/h1-7H,(H,18,20)(H3,17,19,21). The molecule has 2 aromatic rings. The number of amides is 1. The molecule has 0 saturated carbocycles. The van der Waals surface area contributed by atoms with E-state index in [4.69, 9.17) is 41.2 Å². The largest absolute Gasteiger partial charge is 0.376 e. The SMILES string of the molecule is NC(=S)Nc1ccc(NC(=O)c2ccc(Cl)cc2Cl)cc1. The van der Waals surface area contributed by atoms with Crippen LogP contribution in [0.15, 0.2) is 42.5 Å². The number of rotatable bonds is 3. The lowest BCUT2D eigenvalue weighted by Gasteiger charge is -2.08. The molecule has 1 amide bonds. The second kappa shape index (κ2) is 6.76. The molecule has 0 aliphatic heterocycles. The maximum Gasteiger partial charge on any atom is 0.257 e. The first-order valence-electron chi connectivity index (χ1n) is 5.88. The fourth-order valence-electron chi connectivity index (χ4n) is 1.65. The van der Waals surface area contributed by atoms with Crippen LogP contribution >= 0.6 is 35.4 Å².